The first-order valence-corrected chi connectivity index (χ1v) is 50.9. The number of amides is 8. The Morgan fingerprint density at radius 3 is 2.06 bits per heavy atom. The molecular weight excluding hydrogens is 1940 g/mol. The van der Waals surface area contributed by atoms with E-state index in [0.717, 1.165) is 87.4 Å². The van der Waals surface area contributed by atoms with Crippen molar-refractivity contribution < 1.29 is 99.7 Å². The summed E-state index contributed by atoms with van der Waals surface area (Å²) in [6.07, 6.45) is -0.400. The number of carboxylic acids is 2. The molecule has 20 N–H and O–H groups in total. The number of nitrogens with zero attached hydrogens (tertiary/aromatic N) is 7. The number of hydrazine groups is 1. The summed E-state index contributed by atoms with van der Waals surface area (Å²) in [5, 5.41) is 41.2. The van der Waals surface area contributed by atoms with Gasteiger partial charge in [0.25, 0.3) is 27.5 Å². The molecule has 2 unspecified atom stereocenters. The van der Waals surface area contributed by atoms with Crippen LogP contribution in [0.1, 0.15) is 209 Å². The molecule has 48 heteroatoms. The predicted octanol–water partition coefficient (Wildman–Crippen LogP) is 8.63. The Labute approximate surface area is 834 Å². The normalized spacial score (nSPS) is 16.4. The molecule has 11 aromatic rings. The molecule has 7 aromatic heterocycles. The van der Waals surface area contributed by atoms with Gasteiger partial charge in [0.1, 0.15) is 54.1 Å². The van der Waals surface area contributed by atoms with Gasteiger partial charge in [0.15, 0.2) is 22.7 Å². The lowest BCUT2D eigenvalue weighted by Gasteiger charge is -2.22. The lowest BCUT2D eigenvalue weighted by atomic mass is 9.84. The van der Waals surface area contributed by atoms with E-state index in [1.54, 1.807) is 19.1 Å². The number of H-pyrrole nitrogens is 5. The third-order valence-corrected chi connectivity index (χ3v) is 28.9. The number of aromatic amines is 5. The molecule has 0 saturated carbocycles. The van der Waals surface area contributed by atoms with Crippen LogP contribution in [-0.2, 0) is 64.5 Å². The third-order valence-electron chi connectivity index (χ3n) is 25.8. The molecule has 4 aromatic carbocycles. The number of hydrogen-bond acceptors (Lipinski definition) is 31. The Balaban J connectivity index is 0.572. The topological polar surface area (TPSA) is 677 Å². The molecule has 9 atom stereocenters. The number of nitrogens with one attached hydrogen (secondary N) is 15. The molecule has 4 aliphatic rings. The number of Topliss-reactive ketones (excluding diaryl/α,β-unsaturated/α-hetero) is 2. The Bertz CT molecular complexity index is 7290. The van der Waals surface area contributed by atoms with E-state index in [2.05, 4.69) is 119 Å². The lowest BCUT2D eigenvalue weighted by molar-refractivity contribution is -0.142. The molecule has 760 valence electrons. The van der Waals surface area contributed by atoms with Crippen molar-refractivity contribution >= 4 is 176 Å². The number of rotatable bonds is 40. The van der Waals surface area contributed by atoms with Gasteiger partial charge >= 0.3 is 30.1 Å². The first-order chi connectivity index (χ1) is 69.4. The maximum absolute atomic E-state index is 14.8. The number of fused-ring (bicyclic) bond motifs is 11. The van der Waals surface area contributed by atoms with E-state index in [0.29, 0.717) is 101 Å². The highest BCUT2D eigenvalue weighted by Gasteiger charge is 2.46. The number of methoxy groups -OCH3 is 1. The second kappa shape index (κ2) is 45.8. The van der Waals surface area contributed by atoms with Crippen molar-refractivity contribution in [3.05, 3.63) is 187 Å². The van der Waals surface area contributed by atoms with E-state index < -0.39 is 166 Å². The average Bonchev–Trinajstić information content (AvgIpc) is 1.56. The molecule has 15 rings (SSSR count). The van der Waals surface area contributed by atoms with Crippen LogP contribution < -0.4 is 69.4 Å². The van der Waals surface area contributed by atoms with Crippen LogP contribution in [0.3, 0.4) is 0 Å². The van der Waals surface area contributed by atoms with Gasteiger partial charge in [-0.1, -0.05) is 48.4 Å². The average molecular weight is 2040 g/mol. The monoisotopic (exact) mass is 2040 g/mol. The number of carboxylic acid groups (broad SMARTS) is 2. The van der Waals surface area contributed by atoms with Crippen molar-refractivity contribution in [3.63, 3.8) is 0 Å². The summed E-state index contributed by atoms with van der Waals surface area (Å²) in [4.78, 5) is 238. The Morgan fingerprint density at radius 1 is 0.628 bits per heavy atom. The first kappa shape index (κ1) is 104. The van der Waals surface area contributed by atoms with Gasteiger partial charge in [0, 0.05) is 128 Å². The Kier molecular flexibility index (Phi) is 32.8. The molecule has 1 saturated heterocycles. The SMILES string of the molecule is CC[C@H]1c2cc3[nH]c4c(c3C)C(=O)C(C(=O)OC)c4c3nc(cc4[nH]c(cc(n2)[C@@H]1C)c(C(C)=O)c4C)[C@@H](C)[C@@H]3CCC(=O)NCCCC(NC(=O)Oc1ccc(-c2nc3cc(-c4nc5ccc(C6CCNCC6)cc5[nH]4)ccc3[nH]2)cc1)C(=O)NNC(=O)OCCSSC[C@H](NC(=O)[C@H](CC(=O)NCCS(=O)(=O)O)NC(=O)CC[C@H](NC(=O)c1ccc(NCc2cnc3nc(N)[nH]c(=O)c3n2)cc1)C(=O)O)C(=O)O. The summed E-state index contributed by atoms with van der Waals surface area (Å²) in [5.41, 5.74) is 23.1. The van der Waals surface area contributed by atoms with Gasteiger partial charge in [-0.25, -0.2) is 44.5 Å². The minimum Gasteiger partial charge on any atom is -0.480 e. The number of nitrogens with two attached hydrogens (primary N) is 1. The highest BCUT2D eigenvalue weighted by atomic mass is 33.1. The number of ether oxygens (including phenoxy) is 3. The van der Waals surface area contributed by atoms with Crippen molar-refractivity contribution in [2.75, 3.05) is 68.2 Å². The number of aryl methyl sites for hydroxylation is 2. The lowest BCUT2D eigenvalue weighted by Crippen LogP contribution is -2.54. The fourth-order valence-electron chi connectivity index (χ4n) is 18.2. The van der Waals surface area contributed by atoms with Gasteiger partial charge in [-0.15, -0.1) is 0 Å². The van der Waals surface area contributed by atoms with Crippen LogP contribution >= 0.6 is 21.6 Å². The highest BCUT2D eigenvalue weighted by Crippen LogP contribution is 2.49. The number of ketones is 2. The second-order valence-electron chi connectivity index (χ2n) is 35.6. The molecule has 45 nitrogen and oxygen atoms in total. The standard InChI is InChI=1S/C97H107N23O22S3/c1-8-58-45(2)64-40-71-77(49(6)121)47(4)66(106-71)38-65-46(3)59(81(108-65)79-80(94(134)140-7)84(125)78-48(5)67(109-82(78)79)39-68(58)105-64)21-25-74(122)100-29-9-10-62(116-96(135)142-57-19-13-51(14-20-57)85-110-61-23-16-54(37-70(61)112-85)86-111-60-22-15-53(36-69(60)113-86)50-27-30-99-31-28-50)90(128)119-120-97(136)141-33-34-143-144-44-73(93(132)133)115-89(127)72(41-76(124)101-32-35-145(137,138)139)107-75(123)26-24-63(92(130)131)114-88(126)52-11-17-55(18-12-52)102-42-56-43-103-87-83(104-56)91(129)118-95(98)117-87/h11-20,22-23,36-40,43,45-46,50,58-59,62-63,72-73,80,99,102,106,109H,8-10,21,24-35,41-42,44H2,1-7H3,(H,100,122)(H,101,124)(H,107,123)(H,110,112)(H,111,113)(H,114,126)(H,115,127)(H,116,135)(H,119,128)(H,120,136)(H,130,131)(H,132,133)(H,137,138,139)(H3,98,103,117,118,129)/t45-,46+,58-,59+,62?,63+,72+,73+,80?/m1/s1. The number of esters is 1. The number of hydrogen-bond donors (Lipinski definition) is 19. The van der Waals surface area contributed by atoms with E-state index in [4.69, 9.17) is 39.9 Å². The van der Waals surface area contributed by atoms with Crippen molar-refractivity contribution in [2.45, 2.75) is 172 Å². The van der Waals surface area contributed by atoms with E-state index in [9.17, 15) is 90.3 Å². The summed E-state index contributed by atoms with van der Waals surface area (Å²) < 4.78 is 48.4. The van der Waals surface area contributed by atoms with Crippen LogP contribution in [0.15, 0.2) is 114 Å². The van der Waals surface area contributed by atoms with Gasteiger partial charge in [0.2, 0.25) is 29.6 Å². The zero-order valence-corrected chi connectivity index (χ0v) is 82.1. The van der Waals surface area contributed by atoms with Crippen molar-refractivity contribution in [2.24, 2.45) is 0 Å². The number of aromatic nitrogens is 12. The molecule has 3 aliphatic heterocycles. The Hall–Kier alpha value is -15.6. The smallest absolute Gasteiger partial charge is 0.426 e. The van der Waals surface area contributed by atoms with Gasteiger partial charge in [-0.05, 0) is 198 Å². The summed E-state index contributed by atoms with van der Waals surface area (Å²) in [6, 6.07) is 23.1. The van der Waals surface area contributed by atoms with Gasteiger partial charge in [-0.2, -0.15) is 13.4 Å². The number of carbonyl (C=O) groups is 13. The van der Waals surface area contributed by atoms with Crippen LogP contribution in [0.2, 0.25) is 0 Å². The number of carbonyl (C=O) groups excluding carboxylic acids is 11. The summed E-state index contributed by atoms with van der Waals surface area (Å²) in [7, 11) is -1.56. The van der Waals surface area contributed by atoms with Crippen molar-refractivity contribution in [3.8, 4) is 28.5 Å². The van der Waals surface area contributed by atoms with Crippen LogP contribution in [0, 0.1) is 13.8 Å². The minimum absolute atomic E-state index is 0.00177. The van der Waals surface area contributed by atoms with Crippen LogP contribution in [0.25, 0.3) is 78.1 Å². The largest absolute Gasteiger partial charge is 0.480 e. The molecule has 0 radical (unpaired) electrons. The summed E-state index contributed by atoms with van der Waals surface area (Å²) in [6.45, 7) is 12.2. The number of imidazole rings is 2. The van der Waals surface area contributed by atoms with E-state index in [1.165, 1.54) is 62.2 Å². The molecule has 0 spiro atoms. The quantitative estimate of drug-likeness (QED) is 0.00325. The Morgan fingerprint density at radius 2 is 1.32 bits per heavy atom. The second-order valence-corrected chi connectivity index (χ2v) is 39.8. The highest BCUT2D eigenvalue weighted by molar-refractivity contribution is 8.76. The van der Waals surface area contributed by atoms with Crippen molar-refractivity contribution in [1.29, 1.82) is 0 Å². The minimum atomic E-state index is -4.59. The van der Waals surface area contributed by atoms with Crippen LogP contribution in [0.5, 0.6) is 5.75 Å². The molecule has 145 heavy (non-hydrogen) atoms. The summed E-state index contributed by atoms with van der Waals surface area (Å²) in [5.74, 6) is -12.6. The molecular formula is C97H107N23O22S3. The van der Waals surface area contributed by atoms with E-state index in [1.807, 2.05) is 56.3 Å². The number of aliphatic carboxylic acids is 2. The molecule has 10 heterocycles. The number of anilines is 2. The molecule has 1 aliphatic carbocycles. The number of piperidine rings is 1. The summed E-state index contributed by atoms with van der Waals surface area (Å²) >= 11 is 0. The fraction of sp³-hybridized carbons (Fsp3) is 0.371. The first-order valence-electron chi connectivity index (χ1n) is 46.8. The third kappa shape index (κ3) is 25.0. The number of nitrogen functional groups attached to an aromatic ring is 1. The molecule has 1 fully saturated rings. The zero-order chi connectivity index (χ0) is 103. The van der Waals surface area contributed by atoms with Crippen LogP contribution in [0.4, 0.5) is 21.2 Å². The van der Waals surface area contributed by atoms with Gasteiger partial charge < -0.3 is 92.6 Å². The van der Waals surface area contributed by atoms with Crippen LogP contribution in [-0.4, -0.2) is 241 Å². The van der Waals surface area contributed by atoms with Crippen molar-refractivity contribution in [1.82, 2.24) is 108 Å². The maximum Gasteiger partial charge on any atom is 0.426 e. The van der Waals surface area contributed by atoms with Gasteiger partial charge in [-0.3, -0.25) is 72.9 Å². The molecule has 8 bridgehead atoms. The predicted molar refractivity (Wildman–Crippen MR) is 535 cm³/mol. The number of benzene rings is 4. The van der Waals surface area contributed by atoms with E-state index >= 15 is 0 Å². The maximum atomic E-state index is 14.8. The van der Waals surface area contributed by atoms with Gasteiger partial charge in [0.05, 0.1) is 76.5 Å². The fourth-order valence-corrected chi connectivity index (χ4v) is 20.5. The molecule has 8 amide bonds. The zero-order valence-electron chi connectivity index (χ0n) is 79.6. The van der Waals surface area contributed by atoms with E-state index in [-0.39, 0.29) is 97.2 Å².